The summed E-state index contributed by atoms with van der Waals surface area (Å²) in [5.41, 5.74) is 0.918. The molecule has 0 aliphatic carbocycles. The lowest BCUT2D eigenvalue weighted by Crippen LogP contribution is -2.43. The zero-order chi connectivity index (χ0) is 19.3. The predicted octanol–water partition coefficient (Wildman–Crippen LogP) is 2.81. The summed E-state index contributed by atoms with van der Waals surface area (Å²) in [5.74, 6) is 0.309. The Morgan fingerprint density at radius 3 is 2.56 bits per heavy atom. The van der Waals surface area contributed by atoms with Gasteiger partial charge in [-0.1, -0.05) is 46.3 Å². The van der Waals surface area contributed by atoms with Crippen molar-refractivity contribution in [1.82, 2.24) is 9.62 Å². The van der Waals surface area contributed by atoms with Gasteiger partial charge in [0.1, 0.15) is 10.6 Å². The standard InChI is InChI=1S/C19H23BrN2O4S/c1-25-18-8-7-16(20)13-19(18)27(23,24)21-17(15-5-3-2-4-6-15)14-22-9-11-26-12-10-22/h2-8,13,17,21H,9-12,14H2,1H3. The lowest BCUT2D eigenvalue weighted by molar-refractivity contribution is 0.0345. The number of nitrogens with one attached hydrogen (secondary N) is 1. The predicted molar refractivity (Wildman–Crippen MR) is 107 cm³/mol. The minimum atomic E-state index is -3.79. The second kappa shape index (κ2) is 9.16. The molecule has 2 aromatic carbocycles. The van der Waals surface area contributed by atoms with E-state index >= 15 is 0 Å². The Labute approximate surface area is 168 Å². The Morgan fingerprint density at radius 2 is 1.89 bits per heavy atom. The van der Waals surface area contributed by atoms with Crippen molar-refractivity contribution in [3.63, 3.8) is 0 Å². The zero-order valence-corrected chi connectivity index (χ0v) is 17.5. The van der Waals surface area contributed by atoms with Crippen LogP contribution in [0.2, 0.25) is 0 Å². The number of rotatable bonds is 7. The molecule has 0 spiro atoms. The summed E-state index contributed by atoms with van der Waals surface area (Å²) in [6.07, 6.45) is 0. The molecule has 0 radical (unpaired) electrons. The third kappa shape index (κ3) is 5.30. The molecule has 1 fully saturated rings. The van der Waals surface area contributed by atoms with Crippen molar-refractivity contribution in [2.75, 3.05) is 40.0 Å². The molecule has 1 aliphatic heterocycles. The van der Waals surface area contributed by atoms with Crippen LogP contribution >= 0.6 is 15.9 Å². The van der Waals surface area contributed by atoms with E-state index in [9.17, 15) is 8.42 Å². The monoisotopic (exact) mass is 454 g/mol. The molecule has 0 bridgehead atoms. The fourth-order valence-corrected chi connectivity index (χ4v) is 4.97. The van der Waals surface area contributed by atoms with Crippen LogP contribution in [0.3, 0.4) is 0 Å². The van der Waals surface area contributed by atoms with Crippen LogP contribution in [0.4, 0.5) is 0 Å². The molecule has 3 rings (SSSR count). The van der Waals surface area contributed by atoms with Gasteiger partial charge in [0.15, 0.2) is 0 Å². The number of hydrogen-bond acceptors (Lipinski definition) is 5. The summed E-state index contributed by atoms with van der Waals surface area (Å²) < 4.78 is 40.5. The van der Waals surface area contributed by atoms with Crippen molar-refractivity contribution < 1.29 is 17.9 Å². The van der Waals surface area contributed by atoms with Crippen LogP contribution in [0.15, 0.2) is 57.9 Å². The first-order valence-corrected chi connectivity index (χ1v) is 11.0. The van der Waals surface area contributed by atoms with Gasteiger partial charge in [-0.25, -0.2) is 13.1 Å². The van der Waals surface area contributed by atoms with Crippen molar-refractivity contribution in [3.8, 4) is 5.75 Å². The number of sulfonamides is 1. The molecular weight excluding hydrogens is 432 g/mol. The van der Waals surface area contributed by atoms with Crippen molar-refractivity contribution >= 4 is 26.0 Å². The van der Waals surface area contributed by atoms with Crippen LogP contribution in [0.1, 0.15) is 11.6 Å². The fraction of sp³-hybridized carbons (Fsp3) is 0.368. The van der Waals surface area contributed by atoms with Crippen LogP contribution in [0.25, 0.3) is 0 Å². The minimum absolute atomic E-state index is 0.113. The number of ether oxygens (including phenoxy) is 2. The average Bonchev–Trinajstić information content (AvgIpc) is 2.69. The van der Waals surface area contributed by atoms with Crippen LogP contribution in [0.5, 0.6) is 5.75 Å². The minimum Gasteiger partial charge on any atom is -0.495 e. The van der Waals surface area contributed by atoms with Gasteiger partial charge in [-0.2, -0.15) is 0 Å². The highest BCUT2D eigenvalue weighted by atomic mass is 79.9. The smallest absolute Gasteiger partial charge is 0.244 e. The molecule has 0 saturated carbocycles. The molecule has 1 atom stereocenters. The lowest BCUT2D eigenvalue weighted by Gasteiger charge is -2.31. The van der Waals surface area contributed by atoms with Gasteiger partial charge >= 0.3 is 0 Å². The maximum Gasteiger partial charge on any atom is 0.244 e. The third-order valence-corrected chi connectivity index (χ3v) is 6.45. The topological polar surface area (TPSA) is 67.9 Å². The molecule has 1 unspecified atom stereocenters. The number of nitrogens with zero attached hydrogens (tertiary/aromatic N) is 1. The Balaban J connectivity index is 1.89. The summed E-state index contributed by atoms with van der Waals surface area (Å²) in [7, 11) is -2.32. The largest absolute Gasteiger partial charge is 0.495 e. The summed E-state index contributed by atoms with van der Waals surface area (Å²) in [6.45, 7) is 3.46. The molecule has 1 saturated heterocycles. The van der Waals surface area contributed by atoms with E-state index in [0.717, 1.165) is 18.7 Å². The highest BCUT2D eigenvalue weighted by molar-refractivity contribution is 9.10. The lowest BCUT2D eigenvalue weighted by atomic mass is 10.1. The van der Waals surface area contributed by atoms with Crippen molar-refractivity contribution in [3.05, 3.63) is 58.6 Å². The van der Waals surface area contributed by atoms with E-state index in [2.05, 4.69) is 25.6 Å². The van der Waals surface area contributed by atoms with E-state index < -0.39 is 10.0 Å². The number of hydrogen-bond donors (Lipinski definition) is 1. The third-order valence-electron chi connectivity index (χ3n) is 4.46. The number of morpholine rings is 1. The maximum absolute atomic E-state index is 13.1. The van der Waals surface area contributed by atoms with E-state index in [-0.39, 0.29) is 10.9 Å². The number of halogens is 1. The van der Waals surface area contributed by atoms with E-state index in [4.69, 9.17) is 9.47 Å². The molecule has 27 heavy (non-hydrogen) atoms. The summed E-state index contributed by atoms with van der Waals surface area (Å²) in [5, 5.41) is 0. The highest BCUT2D eigenvalue weighted by Crippen LogP contribution is 2.29. The van der Waals surface area contributed by atoms with Gasteiger partial charge in [0, 0.05) is 24.1 Å². The molecule has 0 aromatic heterocycles. The van der Waals surface area contributed by atoms with Gasteiger partial charge in [-0.3, -0.25) is 4.90 Å². The van der Waals surface area contributed by atoms with Gasteiger partial charge in [0.05, 0.1) is 26.4 Å². The van der Waals surface area contributed by atoms with E-state index in [1.54, 1.807) is 18.2 Å². The second-order valence-corrected chi connectivity index (χ2v) is 8.89. The Hall–Kier alpha value is -1.45. The first-order chi connectivity index (χ1) is 13.0. The zero-order valence-electron chi connectivity index (χ0n) is 15.1. The molecular formula is C19H23BrN2O4S. The summed E-state index contributed by atoms with van der Waals surface area (Å²) in [4.78, 5) is 2.32. The highest BCUT2D eigenvalue weighted by Gasteiger charge is 2.27. The van der Waals surface area contributed by atoms with Crippen molar-refractivity contribution in [2.24, 2.45) is 0 Å². The van der Waals surface area contributed by atoms with E-state index in [1.165, 1.54) is 7.11 Å². The normalized spacial score (nSPS) is 16.8. The van der Waals surface area contributed by atoms with Gasteiger partial charge in [-0.05, 0) is 23.8 Å². The van der Waals surface area contributed by atoms with Gasteiger partial charge in [0.25, 0.3) is 0 Å². The number of methoxy groups -OCH3 is 1. The Morgan fingerprint density at radius 1 is 1.19 bits per heavy atom. The van der Waals surface area contributed by atoms with E-state index in [1.807, 2.05) is 30.3 Å². The SMILES string of the molecule is COc1ccc(Br)cc1S(=O)(=O)NC(CN1CCOCC1)c1ccccc1. The molecule has 1 N–H and O–H groups in total. The van der Waals surface area contributed by atoms with Crippen LogP contribution < -0.4 is 9.46 Å². The molecule has 0 amide bonds. The van der Waals surface area contributed by atoms with Crippen LogP contribution in [0, 0.1) is 0 Å². The number of benzene rings is 2. The van der Waals surface area contributed by atoms with Crippen LogP contribution in [-0.2, 0) is 14.8 Å². The molecule has 2 aromatic rings. The van der Waals surface area contributed by atoms with E-state index in [0.29, 0.717) is 30.0 Å². The molecule has 8 heteroatoms. The van der Waals surface area contributed by atoms with Crippen molar-refractivity contribution in [2.45, 2.75) is 10.9 Å². The maximum atomic E-state index is 13.1. The molecule has 1 heterocycles. The summed E-state index contributed by atoms with van der Waals surface area (Å²) in [6, 6.07) is 14.2. The van der Waals surface area contributed by atoms with Gasteiger partial charge < -0.3 is 9.47 Å². The quantitative estimate of drug-likeness (QED) is 0.696. The first-order valence-electron chi connectivity index (χ1n) is 8.70. The van der Waals surface area contributed by atoms with Crippen molar-refractivity contribution in [1.29, 1.82) is 0 Å². The molecule has 6 nitrogen and oxygen atoms in total. The fourth-order valence-electron chi connectivity index (χ4n) is 3.05. The Bertz CT molecular complexity index is 855. The molecule has 146 valence electrons. The van der Waals surface area contributed by atoms with Crippen LogP contribution in [-0.4, -0.2) is 53.3 Å². The van der Waals surface area contributed by atoms with Gasteiger partial charge in [-0.15, -0.1) is 0 Å². The second-order valence-electron chi connectivity index (χ2n) is 6.29. The first kappa shape index (κ1) is 20.3. The summed E-state index contributed by atoms with van der Waals surface area (Å²) >= 11 is 3.34. The Kier molecular flexibility index (Phi) is 6.88. The molecule has 1 aliphatic rings. The van der Waals surface area contributed by atoms with Gasteiger partial charge in [0.2, 0.25) is 10.0 Å². The average molecular weight is 455 g/mol.